The van der Waals surface area contributed by atoms with Crippen molar-refractivity contribution in [1.82, 2.24) is 20.5 Å². The highest BCUT2D eigenvalue weighted by Gasteiger charge is 2.16. The fourth-order valence-electron chi connectivity index (χ4n) is 3.12. The Morgan fingerprint density at radius 2 is 1.93 bits per heavy atom. The number of rotatable bonds is 6. The largest absolute Gasteiger partial charge is 0.497 e. The van der Waals surface area contributed by atoms with Gasteiger partial charge in [-0.2, -0.15) is 5.10 Å². The van der Waals surface area contributed by atoms with Crippen LogP contribution in [0.25, 0.3) is 21.1 Å². The summed E-state index contributed by atoms with van der Waals surface area (Å²) in [6.07, 6.45) is 0. The van der Waals surface area contributed by atoms with Crippen molar-refractivity contribution in [3.05, 3.63) is 77.1 Å². The van der Waals surface area contributed by atoms with Crippen molar-refractivity contribution >= 4 is 17.2 Å². The standard InChI is InChI=1S/C23H22N4O2S/c1-14-5-4-6-17(11-14)23-25-15(2)21(30-23)19-12-20(27-26-19)22(28)24-13-16-7-9-18(29-3)10-8-16/h4-12H,13H2,1-3H3,(H,24,28)(H,26,27). The van der Waals surface area contributed by atoms with Gasteiger partial charge in [0, 0.05) is 12.1 Å². The van der Waals surface area contributed by atoms with E-state index in [9.17, 15) is 4.79 Å². The molecule has 2 N–H and O–H groups in total. The van der Waals surface area contributed by atoms with Crippen LogP contribution in [0, 0.1) is 13.8 Å². The summed E-state index contributed by atoms with van der Waals surface area (Å²) in [5, 5.41) is 11.0. The number of carbonyl (C=O) groups is 1. The maximum atomic E-state index is 12.5. The summed E-state index contributed by atoms with van der Waals surface area (Å²) >= 11 is 1.59. The van der Waals surface area contributed by atoms with Crippen molar-refractivity contribution in [3.8, 4) is 26.9 Å². The summed E-state index contributed by atoms with van der Waals surface area (Å²) in [4.78, 5) is 18.2. The van der Waals surface area contributed by atoms with E-state index in [2.05, 4.69) is 40.6 Å². The molecule has 0 aliphatic carbocycles. The van der Waals surface area contributed by atoms with E-state index in [0.29, 0.717) is 12.2 Å². The minimum atomic E-state index is -0.227. The number of aromatic nitrogens is 3. The summed E-state index contributed by atoms with van der Waals surface area (Å²) in [5.74, 6) is 0.557. The van der Waals surface area contributed by atoms with Crippen molar-refractivity contribution in [3.63, 3.8) is 0 Å². The molecule has 0 saturated carbocycles. The Morgan fingerprint density at radius 3 is 2.67 bits per heavy atom. The average Bonchev–Trinajstić information content (AvgIpc) is 3.39. The lowest BCUT2D eigenvalue weighted by molar-refractivity contribution is 0.0946. The number of ether oxygens (including phenoxy) is 1. The quantitative estimate of drug-likeness (QED) is 0.473. The third kappa shape index (κ3) is 4.26. The number of hydrogen-bond donors (Lipinski definition) is 2. The highest BCUT2D eigenvalue weighted by atomic mass is 32.1. The highest BCUT2D eigenvalue weighted by molar-refractivity contribution is 7.18. The van der Waals surface area contributed by atoms with E-state index in [0.717, 1.165) is 38.1 Å². The summed E-state index contributed by atoms with van der Waals surface area (Å²) in [6.45, 7) is 4.45. The molecule has 0 aliphatic rings. The van der Waals surface area contributed by atoms with E-state index in [-0.39, 0.29) is 5.91 Å². The van der Waals surface area contributed by atoms with Gasteiger partial charge in [-0.3, -0.25) is 9.89 Å². The Balaban J connectivity index is 1.47. The molecule has 0 bridgehead atoms. The van der Waals surface area contributed by atoms with E-state index >= 15 is 0 Å². The van der Waals surface area contributed by atoms with Gasteiger partial charge in [-0.05, 0) is 43.7 Å². The van der Waals surface area contributed by atoms with E-state index in [1.165, 1.54) is 5.56 Å². The van der Waals surface area contributed by atoms with Gasteiger partial charge in [-0.25, -0.2) is 4.98 Å². The molecule has 2 aromatic heterocycles. The molecule has 2 aromatic carbocycles. The van der Waals surface area contributed by atoms with Gasteiger partial charge in [0.15, 0.2) is 5.69 Å². The van der Waals surface area contributed by atoms with Gasteiger partial charge < -0.3 is 10.1 Å². The van der Waals surface area contributed by atoms with E-state index in [1.54, 1.807) is 24.5 Å². The van der Waals surface area contributed by atoms with Crippen LogP contribution in [0.1, 0.15) is 27.3 Å². The minimum Gasteiger partial charge on any atom is -0.497 e. The van der Waals surface area contributed by atoms with Crippen molar-refractivity contribution in [2.45, 2.75) is 20.4 Å². The van der Waals surface area contributed by atoms with Crippen LogP contribution in [0.5, 0.6) is 5.75 Å². The Morgan fingerprint density at radius 1 is 1.13 bits per heavy atom. The number of nitrogens with zero attached hydrogens (tertiary/aromatic N) is 2. The predicted molar refractivity (Wildman–Crippen MR) is 119 cm³/mol. The molecule has 4 aromatic rings. The number of aryl methyl sites for hydroxylation is 2. The van der Waals surface area contributed by atoms with Crippen LogP contribution in [0.2, 0.25) is 0 Å². The van der Waals surface area contributed by atoms with Crippen molar-refractivity contribution in [2.24, 2.45) is 0 Å². The van der Waals surface area contributed by atoms with Crippen LogP contribution in [0.15, 0.2) is 54.6 Å². The maximum Gasteiger partial charge on any atom is 0.272 e. The lowest BCUT2D eigenvalue weighted by Gasteiger charge is -2.04. The molecule has 152 valence electrons. The van der Waals surface area contributed by atoms with Crippen LogP contribution in [-0.2, 0) is 6.54 Å². The number of nitrogens with one attached hydrogen (secondary N) is 2. The van der Waals surface area contributed by atoms with E-state index in [4.69, 9.17) is 9.72 Å². The second-order valence-corrected chi connectivity index (χ2v) is 8.00. The third-order valence-electron chi connectivity index (χ3n) is 4.73. The predicted octanol–water partition coefficient (Wildman–Crippen LogP) is 4.76. The van der Waals surface area contributed by atoms with Crippen molar-refractivity contribution in [1.29, 1.82) is 0 Å². The first kappa shape index (κ1) is 19.8. The second-order valence-electron chi connectivity index (χ2n) is 7.00. The third-order valence-corrected chi connectivity index (χ3v) is 5.97. The molecule has 4 rings (SSSR count). The molecular weight excluding hydrogens is 396 g/mol. The Kier molecular flexibility index (Phi) is 5.63. The number of carbonyl (C=O) groups excluding carboxylic acids is 1. The summed E-state index contributed by atoms with van der Waals surface area (Å²) in [6, 6.07) is 17.6. The molecular formula is C23H22N4O2S. The highest BCUT2D eigenvalue weighted by Crippen LogP contribution is 2.34. The molecule has 0 aliphatic heterocycles. The number of aromatic amines is 1. The fourth-order valence-corrected chi connectivity index (χ4v) is 4.15. The number of H-pyrrole nitrogens is 1. The molecule has 0 saturated heterocycles. The molecule has 30 heavy (non-hydrogen) atoms. The van der Waals surface area contributed by atoms with Gasteiger partial charge >= 0.3 is 0 Å². The summed E-state index contributed by atoms with van der Waals surface area (Å²) < 4.78 is 5.15. The van der Waals surface area contributed by atoms with Gasteiger partial charge in [-0.1, -0.05) is 35.9 Å². The first-order chi connectivity index (χ1) is 14.5. The Labute approximate surface area is 179 Å². The zero-order valence-electron chi connectivity index (χ0n) is 17.0. The number of hydrogen-bond acceptors (Lipinski definition) is 5. The molecule has 0 spiro atoms. The Bertz CT molecular complexity index is 1180. The van der Waals surface area contributed by atoms with Crippen molar-refractivity contribution in [2.75, 3.05) is 7.11 Å². The van der Waals surface area contributed by atoms with Gasteiger partial charge in [-0.15, -0.1) is 11.3 Å². The van der Waals surface area contributed by atoms with Crippen LogP contribution in [-0.4, -0.2) is 28.2 Å². The molecule has 0 fully saturated rings. The fraction of sp³-hybridized carbons (Fsp3) is 0.174. The van der Waals surface area contributed by atoms with Gasteiger partial charge in [0.2, 0.25) is 0 Å². The van der Waals surface area contributed by atoms with Crippen LogP contribution in [0.3, 0.4) is 0 Å². The van der Waals surface area contributed by atoms with Crippen molar-refractivity contribution < 1.29 is 9.53 Å². The topological polar surface area (TPSA) is 79.9 Å². The maximum absolute atomic E-state index is 12.5. The first-order valence-electron chi connectivity index (χ1n) is 9.55. The zero-order chi connectivity index (χ0) is 21.1. The van der Waals surface area contributed by atoms with Gasteiger partial charge in [0.1, 0.15) is 10.8 Å². The SMILES string of the molecule is COc1ccc(CNC(=O)c2cc(-c3sc(-c4cccc(C)c4)nc3C)[nH]n2)cc1. The van der Waals surface area contributed by atoms with Crippen LogP contribution in [0.4, 0.5) is 0 Å². The smallest absolute Gasteiger partial charge is 0.272 e. The summed E-state index contributed by atoms with van der Waals surface area (Å²) in [5.41, 5.74) is 5.32. The van der Waals surface area contributed by atoms with E-state index < -0.39 is 0 Å². The normalized spacial score (nSPS) is 10.8. The molecule has 6 nitrogen and oxygen atoms in total. The lowest BCUT2D eigenvalue weighted by Crippen LogP contribution is -2.23. The number of methoxy groups -OCH3 is 1. The van der Waals surface area contributed by atoms with Gasteiger partial charge in [0.05, 0.1) is 23.4 Å². The Hall–Kier alpha value is -3.45. The number of thiazole rings is 1. The van der Waals surface area contributed by atoms with Gasteiger partial charge in [0.25, 0.3) is 5.91 Å². The zero-order valence-corrected chi connectivity index (χ0v) is 17.8. The molecule has 0 atom stereocenters. The summed E-state index contributed by atoms with van der Waals surface area (Å²) in [7, 11) is 1.63. The lowest BCUT2D eigenvalue weighted by atomic mass is 10.1. The molecule has 2 heterocycles. The molecule has 0 radical (unpaired) electrons. The molecule has 1 amide bonds. The minimum absolute atomic E-state index is 0.227. The monoisotopic (exact) mass is 418 g/mol. The van der Waals surface area contributed by atoms with Crippen LogP contribution < -0.4 is 10.1 Å². The average molecular weight is 419 g/mol. The molecule has 0 unspecified atom stereocenters. The first-order valence-corrected chi connectivity index (χ1v) is 10.4. The number of amides is 1. The van der Waals surface area contributed by atoms with E-state index in [1.807, 2.05) is 37.3 Å². The molecule has 7 heteroatoms. The number of benzene rings is 2. The van der Waals surface area contributed by atoms with Crippen LogP contribution >= 0.6 is 11.3 Å². The second kappa shape index (κ2) is 8.51.